The maximum Gasteiger partial charge on any atom is 0.324 e. The molecule has 0 aliphatic rings. The smallest absolute Gasteiger partial charge is 0.324 e. The van der Waals surface area contributed by atoms with E-state index in [9.17, 15) is 13.2 Å². The summed E-state index contributed by atoms with van der Waals surface area (Å²) in [5, 5.41) is 1.42. The Balaban J connectivity index is 2.29. The highest BCUT2D eigenvalue weighted by atomic mass is 32.2. The molecule has 0 amide bonds. The average Bonchev–Trinajstić information content (AvgIpc) is 2.77. The second-order valence-corrected chi connectivity index (χ2v) is 8.72. The van der Waals surface area contributed by atoms with Crippen molar-refractivity contribution in [2.24, 2.45) is 16.5 Å². The zero-order valence-corrected chi connectivity index (χ0v) is 19.3. The van der Waals surface area contributed by atoms with Crippen LogP contribution in [0.4, 0.5) is 0 Å². The van der Waals surface area contributed by atoms with Gasteiger partial charge in [-0.3, -0.25) is 9.79 Å². The molecule has 0 saturated heterocycles. The molecule has 0 spiro atoms. The highest BCUT2D eigenvalue weighted by Gasteiger charge is 2.27. The van der Waals surface area contributed by atoms with Crippen molar-refractivity contribution in [1.29, 1.82) is 0 Å². The predicted molar refractivity (Wildman–Crippen MR) is 122 cm³/mol. The van der Waals surface area contributed by atoms with E-state index in [0.29, 0.717) is 29.7 Å². The molecule has 0 radical (unpaired) electrons. The molecule has 2 aromatic carbocycles. The van der Waals surface area contributed by atoms with Crippen molar-refractivity contribution in [2.75, 3.05) is 27.4 Å². The molecule has 176 valence electrons. The Labute approximate surface area is 188 Å². The van der Waals surface area contributed by atoms with Crippen LogP contribution >= 0.6 is 0 Å². The third-order valence-electron chi connectivity index (χ3n) is 4.60. The Morgan fingerprint density at radius 1 is 1.09 bits per heavy atom. The van der Waals surface area contributed by atoms with Crippen LogP contribution < -0.4 is 25.7 Å². The van der Waals surface area contributed by atoms with E-state index in [0.717, 1.165) is 5.39 Å². The summed E-state index contributed by atoms with van der Waals surface area (Å²) in [6, 6.07) is 7.01. The summed E-state index contributed by atoms with van der Waals surface area (Å²) >= 11 is 0. The van der Waals surface area contributed by atoms with E-state index >= 15 is 0 Å². The molecule has 0 fully saturated rings. The Kier molecular flexibility index (Phi) is 9.09. The zero-order chi connectivity index (χ0) is 23.7. The van der Waals surface area contributed by atoms with Gasteiger partial charge >= 0.3 is 5.97 Å². The molecule has 2 aromatic rings. The van der Waals surface area contributed by atoms with Crippen LogP contribution in [0.2, 0.25) is 0 Å². The topological polar surface area (TPSA) is 155 Å². The molecule has 0 aliphatic heterocycles. The lowest BCUT2D eigenvalue weighted by Crippen LogP contribution is -2.42. The molecular formula is C21H30N4O6S. The van der Waals surface area contributed by atoms with Crippen LogP contribution in [0.5, 0.6) is 11.5 Å². The molecule has 0 aromatic heterocycles. The SMILES string of the molecule is CCCOC(=O)[C@H](CCCN=C(N)N)NS(=O)(=O)c1ccc2cc(OC)c(OC)cc2c1. The number of hydrogen-bond acceptors (Lipinski definition) is 7. The third-order valence-corrected chi connectivity index (χ3v) is 6.07. The Morgan fingerprint density at radius 3 is 2.34 bits per heavy atom. The highest BCUT2D eigenvalue weighted by Crippen LogP contribution is 2.33. The van der Waals surface area contributed by atoms with Crippen molar-refractivity contribution in [3.63, 3.8) is 0 Å². The predicted octanol–water partition coefficient (Wildman–Crippen LogP) is 1.51. The first-order valence-electron chi connectivity index (χ1n) is 10.1. The van der Waals surface area contributed by atoms with Gasteiger partial charge < -0.3 is 25.7 Å². The Morgan fingerprint density at radius 2 is 1.75 bits per heavy atom. The number of carbonyl (C=O) groups is 1. The van der Waals surface area contributed by atoms with Gasteiger partial charge in [-0.2, -0.15) is 4.72 Å². The van der Waals surface area contributed by atoms with E-state index in [-0.39, 0.29) is 30.4 Å². The molecule has 10 nitrogen and oxygen atoms in total. The molecule has 5 N–H and O–H groups in total. The third kappa shape index (κ3) is 6.72. The molecule has 11 heteroatoms. The van der Waals surface area contributed by atoms with Crippen molar-refractivity contribution in [3.05, 3.63) is 30.3 Å². The van der Waals surface area contributed by atoms with E-state index in [1.54, 1.807) is 18.2 Å². The van der Waals surface area contributed by atoms with Crippen LogP contribution in [0.25, 0.3) is 10.8 Å². The summed E-state index contributed by atoms with van der Waals surface area (Å²) in [6.45, 7) is 2.31. The van der Waals surface area contributed by atoms with Crippen LogP contribution in [-0.2, 0) is 19.6 Å². The molecule has 32 heavy (non-hydrogen) atoms. The van der Waals surface area contributed by atoms with E-state index < -0.39 is 22.0 Å². The van der Waals surface area contributed by atoms with Crippen molar-refractivity contribution in [3.8, 4) is 11.5 Å². The van der Waals surface area contributed by atoms with Crippen LogP contribution in [0, 0.1) is 0 Å². The highest BCUT2D eigenvalue weighted by molar-refractivity contribution is 7.89. The van der Waals surface area contributed by atoms with Crippen molar-refractivity contribution < 1.29 is 27.4 Å². The van der Waals surface area contributed by atoms with Gasteiger partial charge in [0, 0.05) is 6.54 Å². The van der Waals surface area contributed by atoms with Gasteiger partial charge in [0.2, 0.25) is 10.0 Å². The number of rotatable bonds is 12. The average molecular weight is 467 g/mol. The number of methoxy groups -OCH3 is 2. The van der Waals surface area contributed by atoms with Gasteiger partial charge in [-0.15, -0.1) is 0 Å². The van der Waals surface area contributed by atoms with E-state index in [4.69, 9.17) is 25.7 Å². The van der Waals surface area contributed by atoms with Crippen LogP contribution in [0.1, 0.15) is 26.2 Å². The number of esters is 1. The number of nitrogens with zero attached hydrogens (tertiary/aromatic N) is 1. The molecular weight excluding hydrogens is 436 g/mol. The fourth-order valence-electron chi connectivity index (χ4n) is 3.01. The number of hydrogen-bond donors (Lipinski definition) is 3. The summed E-state index contributed by atoms with van der Waals surface area (Å²) in [7, 11) is -0.992. The molecule has 0 aliphatic carbocycles. The Hall–Kier alpha value is -3.05. The van der Waals surface area contributed by atoms with Crippen molar-refractivity contribution in [1.82, 2.24) is 4.72 Å². The molecule has 2 rings (SSSR count). The van der Waals surface area contributed by atoms with Crippen LogP contribution in [0.15, 0.2) is 40.2 Å². The number of fused-ring (bicyclic) bond motifs is 1. The quantitative estimate of drug-likeness (QED) is 0.184. The van der Waals surface area contributed by atoms with Gasteiger partial charge in [0.15, 0.2) is 17.5 Å². The fourth-order valence-corrected chi connectivity index (χ4v) is 4.26. The van der Waals surface area contributed by atoms with E-state index in [1.165, 1.54) is 26.4 Å². The standard InChI is InChI=1S/C21H30N4O6S/c1-4-10-31-20(26)17(6-5-9-24-21(22)23)25-32(27,28)16-8-7-14-12-18(29-2)19(30-3)13-15(14)11-16/h7-8,11-13,17,25H,4-6,9-10H2,1-3H3,(H4,22,23,24)/t17-/m0/s1. The fraction of sp³-hybridized carbons (Fsp3) is 0.429. The normalized spacial score (nSPS) is 12.2. The number of aliphatic imine (C=N–C) groups is 1. The number of sulfonamides is 1. The monoisotopic (exact) mass is 466 g/mol. The lowest BCUT2D eigenvalue weighted by Gasteiger charge is -2.18. The molecule has 1 atom stereocenters. The summed E-state index contributed by atoms with van der Waals surface area (Å²) < 4.78 is 44.3. The number of nitrogens with two attached hydrogens (primary N) is 2. The first-order chi connectivity index (χ1) is 15.2. The maximum atomic E-state index is 13.0. The first-order valence-corrected chi connectivity index (χ1v) is 11.6. The van der Waals surface area contributed by atoms with Gasteiger partial charge in [-0.05, 0) is 54.3 Å². The van der Waals surface area contributed by atoms with Crippen LogP contribution in [-0.4, -0.2) is 53.8 Å². The number of nitrogens with one attached hydrogen (secondary N) is 1. The Bertz CT molecular complexity index is 1070. The molecule has 0 heterocycles. The lowest BCUT2D eigenvalue weighted by molar-refractivity contribution is -0.145. The molecule has 0 saturated carbocycles. The molecule has 0 bridgehead atoms. The summed E-state index contributed by atoms with van der Waals surface area (Å²) in [4.78, 5) is 16.3. The number of ether oxygens (including phenoxy) is 3. The number of benzene rings is 2. The van der Waals surface area contributed by atoms with E-state index in [2.05, 4.69) is 9.71 Å². The summed E-state index contributed by atoms with van der Waals surface area (Å²) in [5.74, 6) is 0.294. The maximum absolute atomic E-state index is 13.0. The molecule has 0 unspecified atom stereocenters. The summed E-state index contributed by atoms with van der Waals surface area (Å²) in [5.41, 5.74) is 10.6. The van der Waals surface area contributed by atoms with Crippen molar-refractivity contribution in [2.45, 2.75) is 37.1 Å². The second-order valence-electron chi connectivity index (χ2n) is 7.01. The van der Waals surface area contributed by atoms with Gasteiger partial charge in [0.1, 0.15) is 6.04 Å². The van der Waals surface area contributed by atoms with Gasteiger partial charge in [-0.1, -0.05) is 13.0 Å². The minimum absolute atomic E-state index is 0.00901. The van der Waals surface area contributed by atoms with Crippen LogP contribution in [0.3, 0.4) is 0 Å². The minimum atomic E-state index is -4.02. The lowest BCUT2D eigenvalue weighted by atomic mass is 10.1. The van der Waals surface area contributed by atoms with E-state index in [1.807, 2.05) is 6.92 Å². The first kappa shape index (κ1) is 25.2. The second kappa shape index (κ2) is 11.5. The number of carbonyl (C=O) groups excluding carboxylic acids is 1. The van der Waals surface area contributed by atoms with Gasteiger partial charge in [0.05, 0.1) is 25.7 Å². The van der Waals surface area contributed by atoms with Gasteiger partial charge in [0.25, 0.3) is 0 Å². The zero-order valence-electron chi connectivity index (χ0n) is 18.5. The minimum Gasteiger partial charge on any atom is -0.493 e. The summed E-state index contributed by atoms with van der Waals surface area (Å²) in [6.07, 6.45) is 1.19. The van der Waals surface area contributed by atoms with Gasteiger partial charge in [-0.25, -0.2) is 8.42 Å². The largest absolute Gasteiger partial charge is 0.493 e. The van der Waals surface area contributed by atoms with Crippen molar-refractivity contribution >= 4 is 32.7 Å². The number of guanidine groups is 1.